The molecule has 6 rings (SSSR count). The largest absolute Gasteiger partial charge is 0.473 e. The van der Waals surface area contributed by atoms with E-state index in [-0.39, 0.29) is 12.4 Å². The molecule has 2 heterocycles. The standard InChI is InChI=1S/C45H52N2O8/c1-32(2)44(49)55-34(4)51-25-13-12-24-50-33(3)54-43(48)22-23-45(5,37-18-20-41-35(26-37)28-46(30-52-41)39-14-8-6-9-15-39)38-19-21-42-36(27-38)29-47(31-53-42)40-16-10-7-11-17-40/h6-11,14-21,26-27,33-34H,1,12-13,22-25,28-31H2,2-5H3. The number of benzene rings is 4. The lowest BCUT2D eigenvalue weighted by Crippen LogP contribution is -2.33. The van der Waals surface area contributed by atoms with E-state index in [9.17, 15) is 9.59 Å². The van der Waals surface area contributed by atoms with E-state index in [1.807, 2.05) is 36.4 Å². The fourth-order valence-electron chi connectivity index (χ4n) is 6.85. The van der Waals surface area contributed by atoms with Crippen molar-refractivity contribution in [2.24, 2.45) is 0 Å². The second-order valence-electron chi connectivity index (χ2n) is 14.4. The van der Waals surface area contributed by atoms with Gasteiger partial charge in [0, 0.05) is 53.0 Å². The maximum atomic E-state index is 13.4. The zero-order chi connectivity index (χ0) is 38.8. The fourth-order valence-corrected chi connectivity index (χ4v) is 6.85. The van der Waals surface area contributed by atoms with Gasteiger partial charge in [-0.25, -0.2) is 4.79 Å². The first kappa shape index (κ1) is 39.4. The SMILES string of the molecule is C=C(C)C(=O)OC(C)OCCCCOC(C)OC(=O)CCC(C)(c1ccc2c(c1)CN(c1ccccc1)CO2)c1ccc2c(c1)CN(c1ccccc1)CO2. The first-order valence-corrected chi connectivity index (χ1v) is 19.0. The second kappa shape index (κ2) is 18.3. The molecule has 0 fully saturated rings. The van der Waals surface area contributed by atoms with Gasteiger partial charge in [-0.05, 0) is 99.7 Å². The highest BCUT2D eigenvalue weighted by molar-refractivity contribution is 5.87. The van der Waals surface area contributed by atoms with Crippen LogP contribution in [0.4, 0.5) is 11.4 Å². The number of esters is 2. The van der Waals surface area contributed by atoms with Crippen LogP contribution in [0.1, 0.15) is 75.6 Å². The summed E-state index contributed by atoms with van der Waals surface area (Å²) in [6, 6.07) is 33.3. The van der Waals surface area contributed by atoms with Crippen LogP contribution in [-0.4, -0.2) is 51.2 Å². The van der Waals surface area contributed by atoms with Crippen LogP contribution in [0.15, 0.2) is 109 Å². The average molecular weight is 749 g/mol. The van der Waals surface area contributed by atoms with Crippen molar-refractivity contribution in [3.05, 3.63) is 131 Å². The molecular formula is C45H52N2O8. The van der Waals surface area contributed by atoms with Crippen LogP contribution in [0, 0.1) is 0 Å². The molecule has 0 saturated heterocycles. The zero-order valence-corrected chi connectivity index (χ0v) is 32.3. The van der Waals surface area contributed by atoms with Crippen molar-refractivity contribution in [3.8, 4) is 11.5 Å². The van der Waals surface area contributed by atoms with Crippen molar-refractivity contribution in [3.63, 3.8) is 0 Å². The van der Waals surface area contributed by atoms with E-state index in [0.29, 0.717) is 64.6 Å². The molecule has 0 N–H and O–H groups in total. The molecule has 4 aromatic rings. The van der Waals surface area contributed by atoms with E-state index < -0.39 is 24.0 Å². The Morgan fingerprint density at radius 2 is 1.20 bits per heavy atom. The van der Waals surface area contributed by atoms with Gasteiger partial charge in [-0.2, -0.15) is 0 Å². The summed E-state index contributed by atoms with van der Waals surface area (Å²) in [5.41, 5.74) is 6.33. The van der Waals surface area contributed by atoms with E-state index >= 15 is 0 Å². The number of nitrogens with zero attached hydrogens (tertiary/aromatic N) is 2. The Bertz CT molecular complexity index is 1820. The van der Waals surface area contributed by atoms with Crippen molar-refractivity contribution >= 4 is 23.3 Å². The summed E-state index contributed by atoms with van der Waals surface area (Å²) in [4.78, 5) is 29.4. The third-order valence-electron chi connectivity index (χ3n) is 10.1. The van der Waals surface area contributed by atoms with Gasteiger partial charge in [0.1, 0.15) is 11.5 Å². The molecule has 4 aromatic carbocycles. The third kappa shape index (κ3) is 10.3. The van der Waals surface area contributed by atoms with Gasteiger partial charge in [0.2, 0.25) is 0 Å². The van der Waals surface area contributed by atoms with Crippen molar-refractivity contribution < 1.29 is 38.0 Å². The van der Waals surface area contributed by atoms with Crippen molar-refractivity contribution in [2.75, 3.05) is 36.5 Å². The van der Waals surface area contributed by atoms with E-state index in [4.69, 9.17) is 28.4 Å². The first-order chi connectivity index (χ1) is 26.6. The summed E-state index contributed by atoms with van der Waals surface area (Å²) in [5.74, 6) is 0.927. The highest BCUT2D eigenvalue weighted by Gasteiger charge is 2.33. The Balaban J connectivity index is 1.12. The van der Waals surface area contributed by atoms with E-state index in [1.54, 1.807) is 20.8 Å². The van der Waals surface area contributed by atoms with Gasteiger partial charge < -0.3 is 38.2 Å². The van der Waals surface area contributed by atoms with E-state index in [2.05, 4.69) is 84.0 Å². The molecule has 0 spiro atoms. The molecule has 10 heteroatoms. The molecule has 2 unspecified atom stereocenters. The van der Waals surface area contributed by atoms with Crippen molar-refractivity contribution in [1.29, 1.82) is 0 Å². The smallest absolute Gasteiger partial charge is 0.335 e. The minimum Gasteiger partial charge on any atom is -0.473 e. The normalized spacial score (nSPS) is 14.8. The molecule has 10 nitrogen and oxygen atoms in total. The van der Waals surface area contributed by atoms with Gasteiger partial charge >= 0.3 is 11.9 Å². The molecule has 0 radical (unpaired) electrons. The Morgan fingerprint density at radius 1 is 0.727 bits per heavy atom. The number of ether oxygens (including phenoxy) is 6. The lowest BCUT2D eigenvalue weighted by atomic mass is 9.72. The van der Waals surface area contributed by atoms with Gasteiger partial charge in [0.15, 0.2) is 26.0 Å². The molecule has 2 aliphatic heterocycles. The molecule has 0 saturated carbocycles. The number of fused-ring (bicyclic) bond motifs is 2. The predicted octanol–water partition coefficient (Wildman–Crippen LogP) is 8.65. The quantitative estimate of drug-likeness (QED) is 0.0452. The molecule has 0 aromatic heterocycles. The lowest BCUT2D eigenvalue weighted by molar-refractivity contribution is -0.177. The predicted molar refractivity (Wildman–Crippen MR) is 212 cm³/mol. The van der Waals surface area contributed by atoms with Crippen LogP contribution in [0.2, 0.25) is 0 Å². The summed E-state index contributed by atoms with van der Waals surface area (Å²) in [5, 5.41) is 0. The summed E-state index contributed by atoms with van der Waals surface area (Å²) in [6.45, 7) is 13.9. The van der Waals surface area contributed by atoms with Crippen LogP contribution < -0.4 is 19.3 Å². The Morgan fingerprint density at radius 3 is 1.67 bits per heavy atom. The van der Waals surface area contributed by atoms with Gasteiger partial charge in [0.25, 0.3) is 0 Å². The number of carbonyl (C=O) groups is 2. The highest BCUT2D eigenvalue weighted by Crippen LogP contribution is 2.42. The molecular weight excluding hydrogens is 697 g/mol. The first-order valence-electron chi connectivity index (χ1n) is 19.0. The Labute approximate surface area is 324 Å². The molecule has 290 valence electrons. The van der Waals surface area contributed by atoms with Gasteiger partial charge in [-0.3, -0.25) is 4.79 Å². The van der Waals surface area contributed by atoms with Crippen LogP contribution >= 0.6 is 0 Å². The second-order valence-corrected chi connectivity index (χ2v) is 14.4. The molecule has 0 amide bonds. The summed E-state index contributed by atoms with van der Waals surface area (Å²) >= 11 is 0. The maximum Gasteiger partial charge on any atom is 0.335 e. The minimum atomic E-state index is -0.704. The van der Waals surface area contributed by atoms with Gasteiger partial charge in [-0.1, -0.05) is 62.0 Å². The van der Waals surface area contributed by atoms with E-state index in [1.165, 1.54) is 0 Å². The zero-order valence-electron chi connectivity index (χ0n) is 32.3. The van der Waals surface area contributed by atoms with E-state index in [0.717, 1.165) is 45.1 Å². The highest BCUT2D eigenvalue weighted by atomic mass is 16.7. The number of para-hydroxylation sites is 2. The number of unbranched alkanes of at least 4 members (excludes halogenated alkanes) is 1. The number of hydrogen-bond acceptors (Lipinski definition) is 10. The maximum absolute atomic E-state index is 13.4. The summed E-state index contributed by atoms with van der Waals surface area (Å²) < 4.78 is 34.6. The molecule has 2 aliphatic rings. The molecule has 2 atom stereocenters. The third-order valence-corrected chi connectivity index (χ3v) is 10.1. The summed E-state index contributed by atoms with van der Waals surface area (Å²) in [7, 11) is 0. The van der Waals surface area contributed by atoms with Crippen LogP contribution in [0.25, 0.3) is 0 Å². The van der Waals surface area contributed by atoms with Crippen LogP contribution in [0.5, 0.6) is 11.5 Å². The monoisotopic (exact) mass is 748 g/mol. The molecule has 55 heavy (non-hydrogen) atoms. The van der Waals surface area contributed by atoms with Gasteiger partial charge in [0.05, 0.1) is 13.2 Å². The van der Waals surface area contributed by atoms with Crippen molar-refractivity contribution in [1.82, 2.24) is 0 Å². The van der Waals surface area contributed by atoms with Crippen LogP contribution in [-0.2, 0) is 47.0 Å². The fraction of sp³-hybridized carbons (Fsp3) is 0.378. The Kier molecular flexibility index (Phi) is 13.1. The topological polar surface area (TPSA) is 96.0 Å². The lowest BCUT2D eigenvalue weighted by Gasteiger charge is -2.36. The summed E-state index contributed by atoms with van der Waals surface area (Å²) in [6.07, 6.45) is 0.713. The average Bonchev–Trinajstić information content (AvgIpc) is 3.21. The van der Waals surface area contributed by atoms with Crippen molar-refractivity contribution in [2.45, 2.75) is 84.5 Å². The van der Waals surface area contributed by atoms with Gasteiger partial charge in [-0.15, -0.1) is 0 Å². The molecule has 0 aliphatic carbocycles. The number of carbonyl (C=O) groups excluding carboxylic acids is 2. The van der Waals surface area contributed by atoms with Crippen LogP contribution in [0.3, 0.4) is 0 Å². The minimum absolute atomic E-state index is 0.187. The number of anilines is 2. The molecule has 0 bridgehead atoms. The Hall–Kier alpha value is -5.32. The number of hydrogen-bond donors (Lipinski definition) is 0. The number of rotatable bonds is 17.